The fourth-order valence-corrected chi connectivity index (χ4v) is 3.46. The molecule has 2 aromatic rings. The molecule has 4 nitrogen and oxygen atoms in total. The molecule has 0 atom stereocenters. The molecule has 0 aromatic heterocycles. The van der Waals surface area contributed by atoms with E-state index < -0.39 is 5.97 Å². The summed E-state index contributed by atoms with van der Waals surface area (Å²) in [5.41, 5.74) is 1.47. The molecule has 0 saturated heterocycles. The molecule has 0 fully saturated rings. The summed E-state index contributed by atoms with van der Waals surface area (Å²) in [6.45, 7) is 0. The number of hydrogen-bond donors (Lipinski definition) is 1. The number of ether oxygens (including phenoxy) is 1. The van der Waals surface area contributed by atoms with Crippen molar-refractivity contribution >= 4 is 46.1 Å². The van der Waals surface area contributed by atoms with Crippen LogP contribution in [-0.2, 0) is 9.53 Å². The number of esters is 1. The van der Waals surface area contributed by atoms with Crippen LogP contribution in [0.4, 0.5) is 5.69 Å². The zero-order valence-electron chi connectivity index (χ0n) is 13.3. The molecule has 1 N–H and O–H groups in total. The minimum atomic E-state index is -0.637. The lowest BCUT2D eigenvalue weighted by Gasteiger charge is -2.01. The van der Waals surface area contributed by atoms with Gasteiger partial charge in [0.1, 0.15) is 16.4 Å². The minimum absolute atomic E-state index is 0.0506. The molecular weight excluding hydrogens is 358 g/mol. The van der Waals surface area contributed by atoms with Crippen LogP contribution in [0.2, 0.25) is 5.02 Å². The van der Waals surface area contributed by atoms with Gasteiger partial charge in [0.05, 0.1) is 17.7 Å². The van der Waals surface area contributed by atoms with E-state index in [4.69, 9.17) is 16.3 Å². The standard InChI is InChI=1S/C19H14ClNO3S/c1-24-19(23)16-17(22)15(11-12-7-5-6-10-14(12)20)25-18(16)21-13-8-3-2-4-9-13/h2-11,22H,1H3/b15-11-,21-18?. The Hall–Kier alpha value is -2.50. The summed E-state index contributed by atoms with van der Waals surface area (Å²) < 4.78 is 4.79. The Kier molecular flexibility index (Phi) is 5.26. The number of carbonyl (C=O) groups excluding carboxylic acids is 1. The van der Waals surface area contributed by atoms with E-state index in [1.807, 2.05) is 48.5 Å². The maximum absolute atomic E-state index is 12.1. The summed E-state index contributed by atoms with van der Waals surface area (Å²) >= 11 is 7.37. The molecule has 2 aromatic carbocycles. The topological polar surface area (TPSA) is 58.9 Å². The number of halogens is 1. The van der Waals surface area contributed by atoms with Crippen LogP contribution in [0.15, 0.2) is 75.8 Å². The second kappa shape index (κ2) is 7.59. The Bertz CT molecular complexity index is 904. The van der Waals surface area contributed by atoms with Crippen molar-refractivity contribution in [2.75, 3.05) is 7.11 Å². The summed E-state index contributed by atoms with van der Waals surface area (Å²) in [5, 5.41) is 11.5. The number of benzene rings is 2. The fraction of sp³-hybridized carbons (Fsp3) is 0.0526. The lowest BCUT2D eigenvalue weighted by atomic mass is 10.1. The van der Waals surface area contributed by atoms with E-state index in [2.05, 4.69) is 4.99 Å². The molecule has 0 amide bonds. The Balaban J connectivity index is 2.07. The van der Waals surface area contributed by atoms with Crippen molar-refractivity contribution in [1.82, 2.24) is 0 Å². The largest absolute Gasteiger partial charge is 0.506 e. The number of methoxy groups -OCH3 is 1. The first-order valence-corrected chi connectivity index (χ1v) is 8.59. The monoisotopic (exact) mass is 371 g/mol. The number of carbonyl (C=O) groups is 1. The molecule has 0 unspecified atom stereocenters. The van der Waals surface area contributed by atoms with E-state index >= 15 is 0 Å². The van der Waals surface area contributed by atoms with Crippen LogP contribution >= 0.6 is 23.4 Å². The van der Waals surface area contributed by atoms with Crippen LogP contribution in [0.5, 0.6) is 0 Å². The van der Waals surface area contributed by atoms with Gasteiger partial charge in [-0.2, -0.15) is 0 Å². The van der Waals surface area contributed by atoms with Gasteiger partial charge in [-0.05, 0) is 29.8 Å². The summed E-state index contributed by atoms with van der Waals surface area (Å²) in [5.74, 6) is -0.798. The predicted molar refractivity (Wildman–Crippen MR) is 102 cm³/mol. The second-order valence-corrected chi connectivity index (χ2v) is 6.54. The van der Waals surface area contributed by atoms with Gasteiger partial charge in [0.15, 0.2) is 0 Å². The normalized spacial score (nSPS) is 17.4. The second-order valence-electron chi connectivity index (χ2n) is 5.10. The predicted octanol–water partition coefficient (Wildman–Crippen LogP) is 5.14. The molecule has 1 aliphatic heterocycles. The third kappa shape index (κ3) is 3.78. The number of aliphatic hydroxyl groups is 1. The number of para-hydroxylation sites is 1. The Labute approximate surface area is 154 Å². The van der Waals surface area contributed by atoms with Crippen LogP contribution in [0, 0.1) is 0 Å². The molecule has 6 heteroatoms. The Morgan fingerprint density at radius 2 is 1.84 bits per heavy atom. The number of aliphatic imine (C=N–C) groups is 1. The number of rotatable bonds is 3. The average molecular weight is 372 g/mol. The van der Waals surface area contributed by atoms with Crippen LogP contribution in [0.1, 0.15) is 5.56 Å². The Morgan fingerprint density at radius 3 is 2.52 bits per heavy atom. The number of thioether (sulfide) groups is 1. The summed E-state index contributed by atoms with van der Waals surface area (Å²) in [6, 6.07) is 16.5. The van der Waals surface area contributed by atoms with Gasteiger partial charge in [-0.15, -0.1) is 0 Å². The van der Waals surface area contributed by atoms with E-state index in [1.54, 1.807) is 12.1 Å². The van der Waals surface area contributed by atoms with Gasteiger partial charge in [-0.25, -0.2) is 9.79 Å². The Morgan fingerprint density at radius 1 is 1.16 bits per heavy atom. The summed E-state index contributed by atoms with van der Waals surface area (Å²) in [6.07, 6.45) is 1.72. The zero-order valence-corrected chi connectivity index (χ0v) is 14.8. The van der Waals surface area contributed by atoms with Gasteiger partial charge in [0.25, 0.3) is 0 Å². The van der Waals surface area contributed by atoms with Crippen LogP contribution in [0.3, 0.4) is 0 Å². The van der Waals surface area contributed by atoms with Gasteiger partial charge in [0.2, 0.25) is 0 Å². The molecule has 0 aliphatic carbocycles. The third-order valence-electron chi connectivity index (χ3n) is 3.46. The molecular formula is C19H14ClNO3S. The van der Waals surface area contributed by atoms with Crippen LogP contribution in [-0.4, -0.2) is 23.2 Å². The van der Waals surface area contributed by atoms with Crippen LogP contribution in [0.25, 0.3) is 6.08 Å². The number of aliphatic hydroxyl groups excluding tert-OH is 1. The van der Waals surface area contributed by atoms with Gasteiger partial charge in [-0.3, -0.25) is 0 Å². The SMILES string of the molecule is COC(=O)C1=C(O)/C(=C/c2ccccc2Cl)SC1=Nc1ccccc1. The molecule has 1 aliphatic rings. The van der Waals surface area contributed by atoms with E-state index in [-0.39, 0.29) is 11.3 Å². The van der Waals surface area contributed by atoms with Crippen molar-refractivity contribution in [2.45, 2.75) is 0 Å². The van der Waals surface area contributed by atoms with E-state index in [0.717, 1.165) is 5.56 Å². The van der Waals surface area contributed by atoms with Gasteiger partial charge >= 0.3 is 5.97 Å². The molecule has 0 radical (unpaired) electrons. The first kappa shape index (κ1) is 17.3. The quantitative estimate of drug-likeness (QED) is 0.758. The maximum Gasteiger partial charge on any atom is 0.344 e. The average Bonchev–Trinajstić information content (AvgIpc) is 2.92. The van der Waals surface area contributed by atoms with Crippen molar-refractivity contribution in [3.63, 3.8) is 0 Å². The van der Waals surface area contributed by atoms with Crippen molar-refractivity contribution in [2.24, 2.45) is 4.99 Å². The molecule has 0 saturated carbocycles. The maximum atomic E-state index is 12.1. The molecule has 1 heterocycles. The van der Waals surface area contributed by atoms with Crippen molar-refractivity contribution in [3.05, 3.63) is 81.4 Å². The van der Waals surface area contributed by atoms with Crippen LogP contribution < -0.4 is 0 Å². The zero-order chi connectivity index (χ0) is 17.8. The smallest absolute Gasteiger partial charge is 0.344 e. The molecule has 0 bridgehead atoms. The first-order valence-electron chi connectivity index (χ1n) is 7.40. The van der Waals surface area contributed by atoms with Crippen molar-refractivity contribution < 1.29 is 14.6 Å². The highest BCUT2D eigenvalue weighted by Gasteiger charge is 2.33. The van der Waals surface area contributed by atoms with E-state index in [1.165, 1.54) is 18.9 Å². The van der Waals surface area contributed by atoms with Gasteiger partial charge in [0, 0.05) is 5.02 Å². The fourth-order valence-electron chi connectivity index (χ4n) is 2.24. The summed E-state index contributed by atoms with van der Waals surface area (Å²) in [4.78, 5) is 17.1. The highest BCUT2D eigenvalue weighted by Crippen LogP contribution is 2.40. The molecule has 25 heavy (non-hydrogen) atoms. The number of nitrogens with zero attached hydrogens (tertiary/aromatic N) is 1. The lowest BCUT2D eigenvalue weighted by molar-refractivity contribution is -0.135. The minimum Gasteiger partial charge on any atom is -0.506 e. The van der Waals surface area contributed by atoms with Crippen molar-refractivity contribution in [1.29, 1.82) is 0 Å². The van der Waals surface area contributed by atoms with Gasteiger partial charge in [-0.1, -0.05) is 59.8 Å². The number of hydrogen-bond acceptors (Lipinski definition) is 5. The molecule has 126 valence electrons. The van der Waals surface area contributed by atoms with Gasteiger partial charge < -0.3 is 9.84 Å². The highest BCUT2D eigenvalue weighted by atomic mass is 35.5. The van der Waals surface area contributed by atoms with Crippen molar-refractivity contribution in [3.8, 4) is 0 Å². The summed E-state index contributed by atoms with van der Waals surface area (Å²) in [7, 11) is 1.27. The first-order chi connectivity index (χ1) is 12.1. The molecule has 0 spiro atoms. The third-order valence-corrected chi connectivity index (χ3v) is 4.82. The van der Waals surface area contributed by atoms with E-state index in [9.17, 15) is 9.90 Å². The molecule has 3 rings (SSSR count). The van der Waals surface area contributed by atoms with E-state index in [0.29, 0.717) is 20.7 Å². The lowest BCUT2D eigenvalue weighted by Crippen LogP contribution is -2.10. The highest BCUT2D eigenvalue weighted by molar-refractivity contribution is 8.18.